The summed E-state index contributed by atoms with van der Waals surface area (Å²) in [5, 5.41) is 18.6. The number of rotatable bonds is 4. The van der Waals surface area contributed by atoms with Crippen LogP contribution in [-0.2, 0) is 16.1 Å². The number of halogens is 2. The first-order valence-electron chi connectivity index (χ1n) is 6.50. The molecule has 0 bridgehead atoms. The summed E-state index contributed by atoms with van der Waals surface area (Å²) in [6.45, 7) is 0.702. The van der Waals surface area contributed by atoms with Crippen LogP contribution in [0.1, 0.15) is 12.0 Å². The Hall–Kier alpha value is -1.66. The second-order valence-electron chi connectivity index (χ2n) is 5.15. The molecule has 0 radical (unpaired) electrons. The van der Waals surface area contributed by atoms with Crippen LogP contribution in [-0.4, -0.2) is 40.1 Å². The van der Waals surface area contributed by atoms with E-state index < -0.39 is 29.6 Å². The normalized spacial score (nSPS) is 23.0. The van der Waals surface area contributed by atoms with Gasteiger partial charge in [-0.2, -0.15) is 0 Å². The molecular weight excluding hydrogens is 301 g/mol. The quantitative estimate of drug-likeness (QED) is 0.889. The first-order valence-corrected chi connectivity index (χ1v) is 6.88. The fourth-order valence-corrected chi connectivity index (χ4v) is 2.81. The van der Waals surface area contributed by atoms with E-state index in [4.69, 9.17) is 21.8 Å². The highest BCUT2D eigenvalue weighted by Gasteiger charge is 2.38. The maximum Gasteiger partial charge on any atom is 0.308 e. The van der Waals surface area contributed by atoms with Gasteiger partial charge in [0, 0.05) is 23.7 Å². The van der Waals surface area contributed by atoms with E-state index >= 15 is 0 Å². The summed E-state index contributed by atoms with van der Waals surface area (Å²) in [4.78, 5) is 24.0. The zero-order chi connectivity index (χ0) is 15.6. The molecule has 21 heavy (non-hydrogen) atoms. The van der Waals surface area contributed by atoms with Gasteiger partial charge in [0.25, 0.3) is 0 Å². The molecule has 0 spiro atoms. The van der Waals surface area contributed by atoms with Gasteiger partial charge in [-0.15, -0.1) is 0 Å². The number of hydrogen-bond donors (Lipinski definition) is 2. The number of nitrogens with zero attached hydrogens (tertiary/aromatic N) is 1. The van der Waals surface area contributed by atoms with Crippen LogP contribution in [0.15, 0.2) is 18.2 Å². The maximum absolute atomic E-state index is 13.7. The molecule has 1 aromatic rings. The summed E-state index contributed by atoms with van der Waals surface area (Å²) < 4.78 is 13.7. The molecule has 1 aliphatic heterocycles. The van der Waals surface area contributed by atoms with Crippen LogP contribution >= 0.6 is 11.6 Å². The van der Waals surface area contributed by atoms with Gasteiger partial charge >= 0.3 is 11.9 Å². The second-order valence-corrected chi connectivity index (χ2v) is 5.59. The monoisotopic (exact) mass is 315 g/mol. The minimum absolute atomic E-state index is 0.0816. The molecule has 1 aromatic carbocycles. The van der Waals surface area contributed by atoms with Crippen molar-refractivity contribution in [2.75, 3.05) is 13.1 Å². The summed E-state index contributed by atoms with van der Waals surface area (Å²) in [6, 6.07) is 4.20. The van der Waals surface area contributed by atoms with Crippen LogP contribution in [0.5, 0.6) is 0 Å². The number of benzene rings is 1. The number of hydrogen-bond acceptors (Lipinski definition) is 3. The van der Waals surface area contributed by atoms with E-state index in [9.17, 15) is 14.0 Å². The SMILES string of the molecule is O=C(O)C1CCN(Cc2cc(Cl)ccc2F)CC1C(=O)O. The minimum Gasteiger partial charge on any atom is -0.481 e. The summed E-state index contributed by atoms with van der Waals surface area (Å²) in [6.07, 6.45) is 0.231. The van der Waals surface area contributed by atoms with Crippen molar-refractivity contribution >= 4 is 23.5 Å². The fourth-order valence-electron chi connectivity index (χ4n) is 2.61. The van der Waals surface area contributed by atoms with E-state index in [2.05, 4.69) is 0 Å². The second kappa shape index (κ2) is 6.41. The van der Waals surface area contributed by atoms with Crippen LogP contribution in [0.25, 0.3) is 0 Å². The van der Waals surface area contributed by atoms with Gasteiger partial charge in [-0.3, -0.25) is 14.5 Å². The molecule has 1 aliphatic rings. The van der Waals surface area contributed by atoms with Crippen LogP contribution in [0.4, 0.5) is 4.39 Å². The third kappa shape index (κ3) is 3.71. The predicted octanol–water partition coefficient (Wildman–Crippen LogP) is 2.09. The van der Waals surface area contributed by atoms with E-state index in [-0.39, 0.29) is 19.5 Å². The van der Waals surface area contributed by atoms with Crippen LogP contribution in [0.3, 0.4) is 0 Å². The van der Waals surface area contributed by atoms with Gasteiger partial charge < -0.3 is 10.2 Å². The highest BCUT2D eigenvalue weighted by atomic mass is 35.5. The first kappa shape index (κ1) is 15.7. The summed E-state index contributed by atoms with van der Waals surface area (Å²) in [5.41, 5.74) is 0.375. The number of carbonyl (C=O) groups is 2. The van der Waals surface area contributed by atoms with Crippen molar-refractivity contribution in [2.45, 2.75) is 13.0 Å². The zero-order valence-electron chi connectivity index (χ0n) is 11.1. The Morgan fingerprint density at radius 3 is 2.57 bits per heavy atom. The average Bonchev–Trinajstić information content (AvgIpc) is 2.42. The van der Waals surface area contributed by atoms with Crippen LogP contribution < -0.4 is 0 Å². The third-order valence-electron chi connectivity index (χ3n) is 3.73. The van der Waals surface area contributed by atoms with Gasteiger partial charge in [0.1, 0.15) is 5.82 Å². The third-order valence-corrected chi connectivity index (χ3v) is 3.97. The van der Waals surface area contributed by atoms with Crippen molar-refractivity contribution in [1.29, 1.82) is 0 Å². The van der Waals surface area contributed by atoms with Gasteiger partial charge in [0.15, 0.2) is 0 Å². The smallest absolute Gasteiger partial charge is 0.308 e. The van der Waals surface area contributed by atoms with Crippen molar-refractivity contribution < 1.29 is 24.2 Å². The van der Waals surface area contributed by atoms with Gasteiger partial charge in [-0.25, -0.2) is 4.39 Å². The number of likely N-dealkylation sites (tertiary alicyclic amines) is 1. The Balaban J connectivity index is 2.11. The van der Waals surface area contributed by atoms with Crippen molar-refractivity contribution in [2.24, 2.45) is 11.8 Å². The molecule has 114 valence electrons. The Morgan fingerprint density at radius 1 is 1.29 bits per heavy atom. The Morgan fingerprint density at radius 2 is 1.95 bits per heavy atom. The lowest BCUT2D eigenvalue weighted by molar-refractivity contribution is -0.157. The van der Waals surface area contributed by atoms with E-state index in [0.29, 0.717) is 17.1 Å². The van der Waals surface area contributed by atoms with Crippen molar-refractivity contribution in [3.05, 3.63) is 34.6 Å². The molecule has 1 fully saturated rings. The number of piperidine rings is 1. The lowest BCUT2D eigenvalue weighted by atomic mass is 9.85. The van der Waals surface area contributed by atoms with Gasteiger partial charge in [0.2, 0.25) is 0 Å². The van der Waals surface area contributed by atoms with E-state index in [1.54, 1.807) is 4.90 Å². The molecule has 1 saturated heterocycles. The number of aliphatic carboxylic acids is 2. The zero-order valence-corrected chi connectivity index (χ0v) is 11.9. The number of carboxylic acids is 2. The predicted molar refractivity (Wildman–Crippen MR) is 73.6 cm³/mol. The van der Waals surface area contributed by atoms with Gasteiger partial charge in [0.05, 0.1) is 11.8 Å². The molecule has 2 unspecified atom stereocenters. The van der Waals surface area contributed by atoms with E-state index in [1.807, 2.05) is 0 Å². The fraction of sp³-hybridized carbons (Fsp3) is 0.429. The summed E-state index contributed by atoms with van der Waals surface area (Å²) in [7, 11) is 0. The van der Waals surface area contributed by atoms with Crippen molar-refractivity contribution in [1.82, 2.24) is 4.90 Å². The first-order chi connectivity index (χ1) is 9.88. The summed E-state index contributed by atoms with van der Waals surface area (Å²) in [5.74, 6) is -4.54. The molecular formula is C14H15ClFNO4. The van der Waals surface area contributed by atoms with Crippen LogP contribution in [0, 0.1) is 17.7 Å². The molecule has 2 N–H and O–H groups in total. The molecule has 5 nitrogen and oxygen atoms in total. The van der Waals surface area contributed by atoms with Gasteiger partial charge in [-0.05, 0) is 31.2 Å². The highest BCUT2D eigenvalue weighted by molar-refractivity contribution is 6.30. The molecule has 7 heteroatoms. The lowest BCUT2D eigenvalue weighted by Crippen LogP contribution is -2.46. The van der Waals surface area contributed by atoms with Crippen LogP contribution in [0.2, 0.25) is 5.02 Å². The Labute approximate surface area is 125 Å². The molecule has 2 rings (SSSR count). The van der Waals surface area contributed by atoms with Crippen molar-refractivity contribution in [3.63, 3.8) is 0 Å². The largest absolute Gasteiger partial charge is 0.481 e. The van der Waals surface area contributed by atoms with E-state index in [0.717, 1.165) is 0 Å². The topological polar surface area (TPSA) is 77.8 Å². The number of carboxylic acid groups (broad SMARTS) is 2. The Kier molecular flexibility index (Phi) is 4.80. The molecule has 1 heterocycles. The molecule has 0 aromatic heterocycles. The lowest BCUT2D eigenvalue weighted by Gasteiger charge is -2.34. The standard InChI is InChI=1S/C14H15ClFNO4/c15-9-1-2-12(16)8(5-9)6-17-4-3-10(13(18)19)11(7-17)14(20)21/h1-2,5,10-11H,3-4,6-7H2,(H,18,19)(H,20,21). The molecule has 0 amide bonds. The highest BCUT2D eigenvalue weighted by Crippen LogP contribution is 2.26. The minimum atomic E-state index is -1.14. The van der Waals surface area contributed by atoms with Gasteiger partial charge in [-0.1, -0.05) is 11.6 Å². The van der Waals surface area contributed by atoms with E-state index in [1.165, 1.54) is 18.2 Å². The summed E-state index contributed by atoms with van der Waals surface area (Å²) >= 11 is 5.82. The molecule has 0 aliphatic carbocycles. The maximum atomic E-state index is 13.7. The Bertz CT molecular complexity index is 566. The average molecular weight is 316 g/mol. The van der Waals surface area contributed by atoms with Crippen molar-refractivity contribution in [3.8, 4) is 0 Å². The molecule has 0 saturated carbocycles. The molecule has 2 atom stereocenters.